The summed E-state index contributed by atoms with van der Waals surface area (Å²) in [5, 5.41) is 13.9. The van der Waals surface area contributed by atoms with Gasteiger partial charge in [0, 0.05) is 6.42 Å². The van der Waals surface area contributed by atoms with Gasteiger partial charge in [0.05, 0.1) is 39.9 Å². The molecule has 0 spiro atoms. The van der Waals surface area contributed by atoms with E-state index in [9.17, 15) is 19.4 Å². The third-order valence-corrected chi connectivity index (χ3v) is 13.5. The van der Waals surface area contributed by atoms with Crippen molar-refractivity contribution in [3.8, 4) is 0 Å². The number of likely N-dealkylation sites (N-methyl/N-ethyl adjacent to an activating group) is 1. The summed E-state index contributed by atoms with van der Waals surface area (Å²) in [4.78, 5) is 23.2. The van der Waals surface area contributed by atoms with E-state index < -0.39 is 20.0 Å². The summed E-state index contributed by atoms with van der Waals surface area (Å²) in [6.07, 6.45) is 63.5. The Kier molecular flexibility index (Phi) is 47.4. The number of carbonyl (C=O) groups is 1. The maximum absolute atomic E-state index is 12.9. The van der Waals surface area contributed by atoms with Crippen LogP contribution < -0.4 is 5.32 Å². The van der Waals surface area contributed by atoms with E-state index in [1.54, 1.807) is 6.08 Å². The zero-order chi connectivity index (χ0) is 48.5. The first-order valence-corrected chi connectivity index (χ1v) is 29.5. The zero-order valence-electron chi connectivity index (χ0n) is 44.2. The number of allylic oxidation sites excluding steroid dienone is 7. The predicted molar refractivity (Wildman–Crippen MR) is 286 cm³/mol. The van der Waals surface area contributed by atoms with Crippen LogP contribution in [0.2, 0.25) is 0 Å². The maximum Gasteiger partial charge on any atom is 0.472 e. The molecule has 0 saturated carbocycles. The first-order chi connectivity index (χ1) is 32.0. The van der Waals surface area contributed by atoms with Gasteiger partial charge in [0.1, 0.15) is 13.2 Å². The number of aliphatic hydroxyl groups excluding tert-OH is 1. The van der Waals surface area contributed by atoms with E-state index in [4.69, 9.17) is 9.05 Å². The molecule has 0 aliphatic carbocycles. The normalized spacial score (nSPS) is 14.3. The first-order valence-electron chi connectivity index (χ1n) is 28.0. The molecule has 66 heavy (non-hydrogen) atoms. The van der Waals surface area contributed by atoms with Crippen molar-refractivity contribution in [2.75, 3.05) is 40.9 Å². The molecule has 0 aromatic heterocycles. The van der Waals surface area contributed by atoms with Gasteiger partial charge in [-0.3, -0.25) is 13.8 Å². The molecule has 0 radical (unpaired) electrons. The van der Waals surface area contributed by atoms with Crippen LogP contribution in [0, 0.1) is 0 Å². The summed E-state index contributed by atoms with van der Waals surface area (Å²) in [6.45, 7) is 4.79. The fourth-order valence-electron chi connectivity index (χ4n) is 8.09. The highest BCUT2D eigenvalue weighted by molar-refractivity contribution is 7.47. The topological polar surface area (TPSA) is 105 Å². The molecule has 0 rings (SSSR count). The van der Waals surface area contributed by atoms with Gasteiger partial charge in [-0.2, -0.15) is 0 Å². The van der Waals surface area contributed by atoms with Crippen molar-refractivity contribution < 1.29 is 32.9 Å². The summed E-state index contributed by atoms with van der Waals surface area (Å²) < 4.78 is 23.7. The van der Waals surface area contributed by atoms with Crippen LogP contribution in [0.25, 0.3) is 0 Å². The molecule has 0 fully saturated rings. The van der Waals surface area contributed by atoms with Crippen LogP contribution in [0.5, 0.6) is 0 Å². The Morgan fingerprint density at radius 2 is 0.879 bits per heavy atom. The molecule has 0 aliphatic heterocycles. The second kappa shape index (κ2) is 48.5. The van der Waals surface area contributed by atoms with Crippen LogP contribution in [0.1, 0.15) is 258 Å². The van der Waals surface area contributed by atoms with Crippen molar-refractivity contribution in [2.24, 2.45) is 0 Å². The average molecular weight is 950 g/mol. The Balaban J connectivity index is 4.27. The lowest BCUT2D eigenvalue weighted by Crippen LogP contribution is -2.45. The van der Waals surface area contributed by atoms with Gasteiger partial charge in [0.2, 0.25) is 5.91 Å². The van der Waals surface area contributed by atoms with Crippen molar-refractivity contribution in [3.63, 3.8) is 0 Å². The van der Waals surface area contributed by atoms with Gasteiger partial charge in [-0.15, -0.1) is 0 Å². The lowest BCUT2D eigenvalue weighted by atomic mass is 10.0. The SMILES string of the molecule is CCCCCC/C=C\C/C=C\CCCCCCCCCC(=O)NC(COP(=O)(O)OCC[N+](C)(C)C)C(O)/C=C/CC/C=C/CCCCCCCCCCCCCCCCCCCCCC. The number of unbranched alkanes of at least 4 members (excludes halogenated alkanes) is 32. The summed E-state index contributed by atoms with van der Waals surface area (Å²) in [7, 11) is 1.55. The van der Waals surface area contributed by atoms with Crippen LogP contribution in [-0.4, -0.2) is 73.4 Å². The molecule has 1 amide bonds. The number of hydrogen-bond donors (Lipinski definition) is 3. The van der Waals surface area contributed by atoms with Crippen LogP contribution >= 0.6 is 7.82 Å². The summed E-state index contributed by atoms with van der Waals surface area (Å²) in [5.41, 5.74) is 0. The van der Waals surface area contributed by atoms with E-state index in [0.29, 0.717) is 17.4 Å². The van der Waals surface area contributed by atoms with Crippen molar-refractivity contribution in [2.45, 2.75) is 270 Å². The minimum absolute atomic E-state index is 0.0537. The number of aliphatic hydroxyl groups is 1. The third kappa shape index (κ3) is 50.3. The second-order valence-corrected chi connectivity index (χ2v) is 21.8. The van der Waals surface area contributed by atoms with E-state index in [0.717, 1.165) is 51.4 Å². The number of rotatable bonds is 51. The number of quaternary nitrogens is 1. The summed E-state index contributed by atoms with van der Waals surface area (Å²) in [5.74, 6) is -0.194. The van der Waals surface area contributed by atoms with E-state index >= 15 is 0 Å². The van der Waals surface area contributed by atoms with E-state index in [2.05, 4.69) is 55.6 Å². The molecule has 388 valence electrons. The molecule has 3 atom stereocenters. The fraction of sp³-hybridized carbons (Fsp3) is 0.842. The average Bonchev–Trinajstić information content (AvgIpc) is 3.28. The van der Waals surface area contributed by atoms with E-state index in [1.807, 2.05) is 27.2 Å². The Morgan fingerprint density at radius 1 is 0.515 bits per heavy atom. The molecule has 9 heteroatoms. The third-order valence-electron chi connectivity index (χ3n) is 12.5. The molecule has 8 nitrogen and oxygen atoms in total. The van der Waals surface area contributed by atoms with Gasteiger partial charge < -0.3 is 19.8 Å². The highest BCUT2D eigenvalue weighted by Crippen LogP contribution is 2.43. The minimum Gasteiger partial charge on any atom is -0.387 e. The molecular formula is C57H110N2O6P+. The van der Waals surface area contributed by atoms with Crippen LogP contribution in [0.15, 0.2) is 48.6 Å². The quantitative estimate of drug-likeness (QED) is 0.0243. The van der Waals surface area contributed by atoms with E-state index in [1.165, 1.54) is 186 Å². The number of nitrogens with one attached hydrogen (secondary N) is 1. The Morgan fingerprint density at radius 3 is 1.32 bits per heavy atom. The lowest BCUT2D eigenvalue weighted by molar-refractivity contribution is -0.870. The van der Waals surface area contributed by atoms with Crippen molar-refractivity contribution in [1.82, 2.24) is 5.32 Å². The monoisotopic (exact) mass is 950 g/mol. The number of phosphoric acid groups is 1. The van der Waals surface area contributed by atoms with Gasteiger partial charge in [0.25, 0.3) is 0 Å². The minimum atomic E-state index is -4.36. The molecule has 0 saturated heterocycles. The Bertz CT molecular complexity index is 1210. The van der Waals surface area contributed by atoms with E-state index in [-0.39, 0.29) is 19.1 Å². The molecule has 0 aromatic carbocycles. The van der Waals surface area contributed by atoms with Gasteiger partial charge in [0.15, 0.2) is 0 Å². The zero-order valence-corrected chi connectivity index (χ0v) is 45.1. The van der Waals surface area contributed by atoms with Gasteiger partial charge >= 0.3 is 7.82 Å². The molecular weight excluding hydrogens is 840 g/mol. The van der Waals surface area contributed by atoms with Crippen molar-refractivity contribution >= 4 is 13.7 Å². The number of hydrogen-bond acceptors (Lipinski definition) is 5. The number of carbonyl (C=O) groups excluding carboxylic acids is 1. The van der Waals surface area contributed by atoms with Gasteiger partial charge in [-0.25, -0.2) is 4.57 Å². The molecule has 0 aromatic rings. The first kappa shape index (κ1) is 64.5. The summed E-state index contributed by atoms with van der Waals surface area (Å²) in [6, 6.07) is -0.869. The molecule has 0 bridgehead atoms. The molecule has 3 N–H and O–H groups in total. The second-order valence-electron chi connectivity index (χ2n) is 20.3. The number of phosphoric ester groups is 1. The largest absolute Gasteiger partial charge is 0.472 e. The van der Waals surface area contributed by atoms with Gasteiger partial charge in [-0.1, -0.05) is 236 Å². The lowest BCUT2D eigenvalue weighted by Gasteiger charge is -2.25. The number of nitrogens with zero attached hydrogens (tertiary/aromatic N) is 1. The van der Waals surface area contributed by atoms with Gasteiger partial charge in [-0.05, 0) is 64.2 Å². The smallest absolute Gasteiger partial charge is 0.387 e. The highest BCUT2D eigenvalue weighted by atomic mass is 31.2. The Hall–Kier alpha value is -1.54. The number of amides is 1. The molecule has 0 aliphatic rings. The summed E-state index contributed by atoms with van der Waals surface area (Å²) >= 11 is 0. The molecule has 0 heterocycles. The standard InChI is InChI=1S/C57H109N2O6P/c1-6-8-10-12-14-16-18-20-22-24-26-27-28-29-30-31-32-33-34-36-38-40-42-44-46-48-50-56(60)55(54-65-66(62,63)64-53-52-59(3,4)5)58-57(61)51-49-47-45-43-41-39-37-35-25-23-21-19-17-15-13-11-9-7-2/h17,19,23,25,40,42,48,50,55-56,60H,6-16,18,20-22,24,26-39,41,43-47,49,51-54H2,1-5H3,(H-,58,61,62,63)/p+1/b19-17-,25-23-,42-40+,50-48+. The van der Waals surface area contributed by atoms with Crippen LogP contribution in [0.4, 0.5) is 0 Å². The fourth-order valence-corrected chi connectivity index (χ4v) is 8.82. The molecule has 3 unspecified atom stereocenters. The van der Waals surface area contributed by atoms with Crippen molar-refractivity contribution in [1.29, 1.82) is 0 Å². The van der Waals surface area contributed by atoms with Crippen molar-refractivity contribution in [3.05, 3.63) is 48.6 Å². The van der Waals surface area contributed by atoms with Crippen LogP contribution in [-0.2, 0) is 18.4 Å². The van der Waals surface area contributed by atoms with Crippen LogP contribution in [0.3, 0.4) is 0 Å². The Labute approximate surface area is 409 Å². The highest BCUT2D eigenvalue weighted by Gasteiger charge is 2.27. The predicted octanol–water partition coefficient (Wildman–Crippen LogP) is 16.8. The maximum atomic E-state index is 12.9.